The zero-order chi connectivity index (χ0) is 17.9. The van der Waals surface area contributed by atoms with E-state index in [1.54, 1.807) is 39.1 Å². The Morgan fingerprint density at radius 2 is 1.96 bits per heavy atom. The smallest absolute Gasteiger partial charge is 0.408 e. The van der Waals surface area contributed by atoms with Gasteiger partial charge < -0.3 is 15.4 Å². The Labute approximate surface area is 140 Å². The van der Waals surface area contributed by atoms with Crippen molar-refractivity contribution in [2.45, 2.75) is 58.2 Å². The van der Waals surface area contributed by atoms with Crippen molar-refractivity contribution in [2.24, 2.45) is 0 Å². The lowest BCUT2D eigenvalue weighted by molar-refractivity contribution is -0.118. The third-order valence-electron chi connectivity index (χ3n) is 3.25. The summed E-state index contributed by atoms with van der Waals surface area (Å²) >= 11 is 0. The molecule has 1 fully saturated rings. The maximum absolute atomic E-state index is 12.2. The molecule has 1 saturated carbocycles. The second kappa shape index (κ2) is 6.94. The van der Waals surface area contributed by atoms with E-state index in [0.29, 0.717) is 5.69 Å². The number of alkyl carbamates (subject to hydrolysis) is 1. The minimum atomic E-state index is -0.818. The van der Waals surface area contributed by atoms with E-state index in [2.05, 4.69) is 16.1 Å². The van der Waals surface area contributed by atoms with Crippen LogP contribution in [0.1, 0.15) is 51.0 Å². The molecule has 3 amide bonds. The molecule has 1 aliphatic rings. The molecule has 0 saturated heterocycles. The maximum atomic E-state index is 12.2. The van der Waals surface area contributed by atoms with Gasteiger partial charge in [0.25, 0.3) is 11.8 Å². The molecule has 0 radical (unpaired) electrons. The Bertz CT molecular complexity index is 628. The molecule has 1 unspecified atom stereocenters. The molecule has 1 aliphatic carbocycles. The topological polar surface area (TPSA) is 101 Å². The van der Waals surface area contributed by atoms with E-state index >= 15 is 0 Å². The van der Waals surface area contributed by atoms with Crippen molar-refractivity contribution < 1.29 is 19.1 Å². The number of carbonyl (C=O) groups is 3. The highest BCUT2D eigenvalue weighted by atomic mass is 16.6. The van der Waals surface area contributed by atoms with Crippen LogP contribution in [0.25, 0.3) is 0 Å². The minimum absolute atomic E-state index is 0.226. The average molecular weight is 336 g/mol. The van der Waals surface area contributed by atoms with Gasteiger partial charge in [0.05, 0.1) is 0 Å². The van der Waals surface area contributed by atoms with Crippen LogP contribution in [-0.4, -0.2) is 40.3 Å². The SMILES string of the molecule is CC(NC(=O)OC(C)(C)C)C(=O)Nn1cccc1C(=O)NC1CC1. The summed E-state index contributed by atoms with van der Waals surface area (Å²) in [5, 5.41) is 5.31. The summed E-state index contributed by atoms with van der Waals surface area (Å²) in [5.41, 5.74) is 2.27. The molecule has 0 bridgehead atoms. The van der Waals surface area contributed by atoms with Crippen molar-refractivity contribution in [1.82, 2.24) is 15.3 Å². The number of nitrogens with zero attached hydrogens (tertiary/aromatic N) is 1. The molecule has 24 heavy (non-hydrogen) atoms. The molecule has 1 aromatic rings. The van der Waals surface area contributed by atoms with E-state index in [9.17, 15) is 14.4 Å². The molecule has 1 atom stereocenters. The Hall–Kier alpha value is -2.51. The molecule has 1 heterocycles. The highest BCUT2D eigenvalue weighted by Gasteiger charge is 2.26. The molecule has 0 aromatic carbocycles. The van der Waals surface area contributed by atoms with E-state index in [0.717, 1.165) is 12.8 Å². The van der Waals surface area contributed by atoms with E-state index in [1.165, 1.54) is 11.6 Å². The van der Waals surface area contributed by atoms with Crippen LogP contribution in [0.5, 0.6) is 0 Å². The van der Waals surface area contributed by atoms with Crippen LogP contribution in [0.15, 0.2) is 18.3 Å². The molecule has 8 nitrogen and oxygen atoms in total. The molecular formula is C16H24N4O4. The van der Waals surface area contributed by atoms with Gasteiger partial charge in [-0.15, -0.1) is 0 Å². The first-order valence-electron chi connectivity index (χ1n) is 7.94. The molecule has 0 spiro atoms. The van der Waals surface area contributed by atoms with Crippen LogP contribution in [0, 0.1) is 0 Å². The van der Waals surface area contributed by atoms with Crippen molar-refractivity contribution in [2.75, 3.05) is 5.43 Å². The number of nitrogens with one attached hydrogen (secondary N) is 3. The van der Waals surface area contributed by atoms with Gasteiger partial charge in [-0.1, -0.05) is 0 Å². The lowest BCUT2D eigenvalue weighted by Gasteiger charge is -2.22. The summed E-state index contributed by atoms with van der Waals surface area (Å²) in [7, 11) is 0. The van der Waals surface area contributed by atoms with Gasteiger partial charge in [-0.25, -0.2) is 4.79 Å². The van der Waals surface area contributed by atoms with Gasteiger partial charge in [-0.05, 0) is 52.7 Å². The summed E-state index contributed by atoms with van der Waals surface area (Å²) in [4.78, 5) is 36.0. The minimum Gasteiger partial charge on any atom is -0.444 e. The van der Waals surface area contributed by atoms with Crippen molar-refractivity contribution in [3.05, 3.63) is 24.0 Å². The summed E-state index contributed by atoms with van der Waals surface area (Å²) in [6.07, 6.45) is 2.86. The van der Waals surface area contributed by atoms with E-state index in [1.807, 2.05) is 0 Å². The molecule has 2 rings (SSSR count). The van der Waals surface area contributed by atoms with Crippen LogP contribution >= 0.6 is 0 Å². The first-order valence-corrected chi connectivity index (χ1v) is 7.94. The highest BCUT2D eigenvalue weighted by Crippen LogP contribution is 2.19. The number of hydrogen-bond donors (Lipinski definition) is 3. The van der Waals surface area contributed by atoms with Gasteiger partial charge >= 0.3 is 6.09 Å². The van der Waals surface area contributed by atoms with Crippen molar-refractivity contribution in [3.8, 4) is 0 Å². The van der Waals surface area contributed by atoms with Crippen molar-refractivity contribution in [3.63, 3.8) is 0 Å². The fourth-order valence-corrected chi connectivity index (χ4v) is 1.92. The highest BCUT2D eigenvalue weighted by molar-refractivity contribution is 5.95. The van der Waals surface area contributed by atoms with Crippen LogP contribution < -0.4 is 16.1 Å². The fourth-order valence-electron chi connectivity index (χ4n) is 1.92. The zero-order valence-corrected chi connectivity index (χ0v) is 14.4. The molecule has 8 heteroatoms. The van der Waals surface area contributed by atoms with E-state index < -0.39 is 23.6 Å². The lowest BCUT2D eigenvalue weighted by Crippen LogP contribution is -2.46. The van der Waals surface area contributed by atoms with Gasteiger partial charge in [-0.2, -0.15) is 0 Å². The molecule has 3 N–H and O–H groups in total. The number of aromatic nitrogens is 1. The summed E-state index contributed by atoms with van der Waals surface area (Å²) in [6.45, 7) is 6.75. The summed E-state index contributed by atoms with van der Waals surface area (Å²) < 4.78 is 6.45. The van der Waals surface area contributed by atoms with Crippen LogP contribution in [-0.2, 0) is 9.53 Å². The van der Waals surface area contributed by atoms with E-state index in [-0.39, 0.29) is 11.9 Å². The van der Waals surface area contributed by atoms with Gasteiger partial charge in [0.2, 0.25) is 0 Å². The largest absolute Gasteiger partial charge is 0.444 e. The Morgan fingerprint density at radius 3 is 2.54 bits per heavy atom. The normalized spacial score (nSPS) is 15.3. The van der Waals surface area contributed by atoms with Gasteiger partial charge in [0, 0.05) is 12.2 Å². The fraction of sp³-hybridized carbons (Fsp3) is 0.562. The third kappa shape index (κ3) is 5.29. The van der Waals surface area contributed by atoms with Gasteiger partial charge in [-0.3, -0.25) is 19.7 Å². The number of amides is 3. The zero-order valence-electron chi connectivity index (χ0n) is 14.4. The third-order valence-corrected chi connectivity index (χ3v) is 3.25. The Morgan fingerprint density at radius 1 is 1.29 bits per heavy atom. The maximum Gasteiger partial charge on any atom is 0.408 e. The Balaban J connectivity index is 1.90. The van der Waals surface area contributed by atoms with Crippen molar-refractivity contribution in [1.29, 1.82) is 0 Å². The second-order valence-electron chi connectivity index (χ2n) is 6.86. The van der Waals surface area contributed by atoms with Gasteiger partial charge in [0.1, 0.15) is 17.3 Å². The molecule has 0 aliphatic heterocycles. The molecule has 1 aromatic heterocycles. The Kier molecular flexibility index (Phi) is 5.16. The number of ether oxygens (including phenoxy) is 1. The number of rotatable bonds is 5. The van der Waals surface area contributed by atoms with Crippen LogP contribution in [0.3, 0.4) is 0 Å². The average Bonchev–Trinajstić information content (AvgIpc) is 3.12. The van der Waals surface area contributed by atoms with Gasteiger partial charge in [0.15, 0.2) is 0 Å². The summed E-state index contributed by atoms with van der Waals surface area (Å²) in [6, 6.07) is 2.68. The standard InChI is InChI=1S/C16H24N4O4/c1-10(17-15(23)24-16(2,3)4)13(21)19-20-9-5-6-12(20)14(22)18-11-7-8-11/h5-6,9-11H,7-8H2,1-4H3,(H,17,23)(H,18,22)(H,19,21). The molecule has 132 valence electrons. The second-order valence-corrected chi connectivity index (χ2v) is 6.86. The number of hydrogen-bond acceptors (Lipinski definition) is 4. The predicted octanol–water partition coefficient (Wildman–Crippen LogP) is 1.36. The van der Waals surface area contributed by atoms with Crippen LogP contribution in [0.4, 0.5) is 4.79 Å². The summed E-state index contributed by atoms with van der Waals surface area (Å²) in [5.74, 6) is -0.701. The van der Waals surface area contributed by atoms with Crippen molar-refractivity contribution >= 4 is 17.9 Å². The van der Waals surface area contributed by atoms with E-state index in [4.69, 9.17) is 4.74 Å². The predicted molar refractivity (Wildman–Crippen MR) is 88.1 cm³/mol. The monoisotopic (exact) mass is 336 g/mol. The lowest BCUT2D eigenvalue weighted by atomic mass is 10.2. The number of carbonyl (C=O) groups excluding carboxylic acids is 3. The molecular weight excluding hydrogens is 312 g/mol. The quantitative estimate of drug-likeness (QED) is 0.755. The first kappa shape index (κ1) is 17.8. The van der Waals surface area contributed by atoms with Crippen LogP contribution in [0.2, 0.25) is 0 Å². The first-order chi connectivity index (χ1) is 11.2.